The molecule has 1 heterocycles. The van der Waals surface area contributed by atoms with Crippen LogP contribution < -0.4 is 10.6 Å². The van der Waals surface area contributed by atoms with Crippen molar-refractivity contribution in [2.24, 2.45) is 5.92 Å². The fourth-order valence-corrected chi connectivity index (χ4v) is 1.68. The number of hydrogen-bond acceptors (Lipinski definition) is 3. The molecule has 1 fully saturated rings. The Kier molecular flexibility index (Phi) is 4.70. The first-order chi connectivity index (χ1) is 6.24. The fourth-order valence-electron chi connectivity index (χ4n) is 1.68. The van der Waals surface area contributed by atoms with Crippen molar-refractivity contribution < 1.29 is 5.11 Å². The average Bonchev–Trinajstić information content (AvgIpc) is 2.18. The van der Waals surface area contributed by atoms with Crippen LogP contribution in [0.4, 0.5) is 0 Å². The van der Waals surface area contributed by atoms with Gasteiger partial charge in [0.2, 0.25) is 0 Å². The summed E-state index contributed by atoms with van der Waals surface area (Å²) >= 11 is 0. The number of hydrogen-bond donors (Lipinski definition) is 3. The summed E-state index contributed by atoms with van der Waals surface area (Å²) in [6.07, 6.45) is 2.42. The first-order valence-corrected chi connectivity index (χ1v) is 5.31. The molecule has 1 saturated heterocycles. The van der Waals surface area contributed by atoms with E-state index in [2.05, 4.69) is 24.5 Å². The predicted molar refractivity (Wildman–Crippen MR) is 54.7 cm³/mol. The van der Waals surface area contributed by atoms with E-state index >= 15 is 0 Å². The molecule has 1 aliphatic heterocycles. The average molecular weight is 186 g/mol. The summed E-state index contributed by atoms with van der Waals surface area (Å²) in [6.45, 7) is 6.76. The second kappa shape index (κ2) is 5.58. The zero-order valence-electron chi connectivity index (χ0n) is 8.71. The first kappa shape index (κ1) is 11.0. The van der Waals surface area contributed by atoms with Crippen LogP contribution in [0.3, 0.4) is 0 Å². The van der Waals surface area contributed by atoms with Crippen LogP contribution in [0.1, 0.15) is 26.7 Å². The maximum atomic E-state index is 8.98. The van der Waals surface area contributed by atoms with Gasteiger partial charge in [0.15, 0.2) is 0 Å². The van der Waals surface area contributed by atoms with Crippen LogP contribution in [0.15, 0.2) is 0 Å². The highest BCUT2D eigenvalue weighted by molar-refractivity contribution is 4.79. The van der Waals surface area contributed by atoms with Crippen LogP contribution in [0.5, 0.6) is 0 Å². The van der Waals surface area contributed by atoms with Gasteiger partial charge in [-0.15, -0.1) is 0 Å². The number of nitrogens with one attached hydrogen (secondary N) is 2. The Morgan fingerprint density at radius 3 is 2.54 bits per heavy atom. The van der Waals surface area contributed by atoms with Gasteiger partial charge >= 0.3 is 0 Å². The molecular formula is C10H22N2O. The van der Waals surface area contributed by atoms with Crippen LogP contribution in [0.25, 0.3) is 0 Å². The van der Waals surface area contributed by atoms with Gasteiger partial charge in [-0.05, 0) is 38.8 Å². The van der Waals surface area contributed by atoms with Crippen LogP contribution in [0, 0.1) is 5.92 Å². The Balaban J connectivity index is 2.21. The molecule has 0 aliphatic carbocycles. The Hall–Kier alpha value is -0.120. The lowest BCUT2D eigenvalue weighted by Crippen LogP contribution is -2.46. The maximum absolute atomic E-state index is 8.98. The van der Waals surface area contributed by atoms with Gasteiger partial charge in [-0.2, -0.15) is 0 Å². The second-order valence-electron chi connectivity index (χ2n) is 4.14. The second-order valence-corrected chi connectivity index (χ2v) is 4.14. The van der Waals surface area contributed by atoms with Crippen LogP contribution in [-0.4, -0.2) is 36.9 Å². The van der Waals surface area contributed by atoms with E-state index in [1.54, 1.807) is 0 Å². The third-order valence-corrected chi connectivity index (χ3v) is 2.98. The van der Waals surface area contributed by atoms with Gasteiger partial charge in [0.05, 0.1) is 0 Å². The summed E-state index contributed by atoms with van der Waals surface area (Å²) in [5, 5.41) is 15.9. The highest BCUT2D eigenvalue weighted by atomic mass is 16.3. The summed E-state index contributed by atoms with van der Waals surface area (Å²) in [6, 6.07) is 1.07. The van der Waals surface area contributed by atoms with Crippen molar-refractivity contribution in [2.45, 2.75) is 38.8 Å². The smallest absolute Gasteiger partial charge is 0.0471 e. The van der Waals surface area contributed by atoms with E-state index in [0.717, 1.165) is 13.1 Å². The SMILES string of the molecule is CC(CO)C(C)NC1CCNCC1. The minimum absolute atomic E-state index is 0.277. The van der Waals surface area contributed by atoms with Gasteiger partial charge in [0.25, 0.3) is 0 Å². The van der Waals surface area contributed by atoms with Crippen molar-refractivity contribution in [2.75, 3.05) is 19.7 Å². The van der Waals surface area contributed by atoms with Crippen molar-refractivity contribution in [1.82, 2.24) is 10.6 Å². The Bertz CT molecular complexity index is 135. The Labute approximate surface area is 80.9 Å². The molecule has 78 valence electrons. The fraction of sp³-hybridized carbons (Fsp3) is 1.00. The minimum Gasteiger partial charge on any atom is -0.396 e. The summed E-state index contributed by atoms with van der Waals surface area (Å²) in [5.74, 6) is 0.356. The molecule has 0 aromatic heterocycles. The summed E-state index contributed by atoms with van der Waals surface area (Å²) in [5.41, 5.74) is 0. The van der Waals surface area contributed by atoms with Gasteiger partial charge < -0.3 is 15.7 Å². The van der Waals surface area contributed by atoms with Crippen molar-refractivity contribution in [3.8, 4) is 0 Å². The zero-order valence-corrected chi connectivity index (χ0v) is 8.71. The molecule has 1 aliphatic rings. The highest BCUT2D eigenvalue weighted by Crippen LogP contribution is 2.07. The van der Waals surface area contributed by atoms with Gasteiger partial charge in [-0.1, -0.05) is 6.92 Å². The summed E-state index contributed by atoms with van der Waals surface area (Å²) in [4.78, 5) is 0. The summed E-state index contributed by atoms with van der Waals surface area (Å²) < 4.78 is 0. The Morgan fingerprint density at radius 2 is 2.00 bits per heavy atom. The van der Waals surface area contributed by atoms with Crippen molar-refractivity contribution >= 4 is 0 Å². The molecule has 0 radical (unpaired) electrons. The molecule has 2 atom stereocenters. The van der Waals surface area contributed by atoms with E-state index in [-0.39, 0.29) is 6.61 Å². The molecule has 0 spiro atoms. The molecule has 0 amide bonds. The normalized spacial score (nSPS) is 24.2. The van der Waals surface area contributed by atoms with Gasteiger partial charge in [0.1, 0.15) is 0 Å². The molecule has 0 aromatic carbocycles. The van der Waals surface area contributed by atoms with Crippen molar-refractivity contribution in [1.29, 1.82) is 0 Å². The lowest BCUT2D eigenvalue weighted by atomic mass is 10.0. The van der Waals surface area contributed by atoms with E-state index in [1.807, 2.05) is 0 Å². The van der Waals surface area contributed by atoms with Gasteiger partial charge in [-0.25, -0.2) is 0 Å². The first-order valence-electron chi connectivity index (χ1n) is 5.31. The number of rotatable bonds is 4. The number of aliphatic hydroxyl groups is 1. The minimum atomic E-state index is 0.277. The molecule has 0 aromatic rings. The van der Waals surface area contributed by atoms with Crippen LogP contribution in [-0.2, 0) is 0 Å². The Morgan fingerprint density at radius 1 is 1.38 bits per heavy atom. The van der Waals surface area contributed by atoms with E-state index in [0.29, 0.717) is 18.0 Å². The largest absolute Gasteiger partial charge is 0.396 e. The number of aliphatic hydroxyl groups excluding tert-OH is 1. The maximum Gasteiger partial charge on any atom is 0.0471 e. The molecule has 0 bridgehead atoms. The quantitative estimate of drug-likeness (QED) is 0.593. The molecule has 0 saturated carbocycles. The highest BCUT2D eigenvalue weighted by Gasteiger charge is 2.17. The molecule has 3 nitrogen and oxygen atoms in total. The van der Waals surface area contributed by atoms with E-state index < -0.39 is 0 Å². The van der Waals surface area contributed by atoms with Gasteiger partial charge in [0, 0.05) is 18.7 Å². The molecule has 1 rings (SSSR count). The standard InChI is InChI=1S/C10H22N2O/c1-8(7-13)9(2)12-10-3-5-11-6-4-10/h8-13H,3-7H2,1-2H3. The van der Waals surface area contributed by atoms with Crippen LogP contribution in [0.2, 0.25) is 0 Å². The van der Waals surface area contributed by atoms with E-state index in [9.17, 15) is 0 Å². The van der Waals surface area contributed by atoms with E-state index in [4.69, 9.17) is 5.11 Å². The zero-order chi connectivity index (χ0) is 9.68. The van der Waals surface area contributed by atoms with Crippen LogP contribution >= 0.6 is 0 Å². The molecule has 3 heteroatoms. The van der Waals surface area contributed by atoms with Crippen molar-refractivity contribution in [3.05, 3.63) is 0 Å². The van der Waals surface area contributed by atoms with Gasteiger partial charge in [-0.3, -0.25) is 0 Å². The third-order valence-electron chi connectivity index (χ3n) is 2.98. The lowest BCUT2D eigenvalue weighted by molar-refractivity contribution is 0.195. The predicted octanol–water partition coefficient (Wildman–Crippen LogP) is 0.345. The molecule has 13 heavy (non-hydrogen) atoms. The molecule has 3 N–H and O–H groups in total. The topological polar surface area (TPSA) is 44.3 Å². The monoisotopic (exact) mass is 186 g/mol. The lowest BCUT2D eigenvalue weighted by Gasteiger charge is -2.29. The van der Waals surface area contributed by atoms with E-state index in [1.165, 1.54) is 12.8 Å². The molecule has 2 unspecified atom stereocenters. The van der Waals surface area contributed by atoms with Crippen molar-refractivity contribution in [3.63, 3.8) is 0 Å². The summed E-state index contributed by atoms with van der Waals surface area (Å²) in [7, 11) is 0. The molecular weight excluding hydrogens is 164 g/mol. The third kappa shape index (κ3) is 3.63. The number of piperidine rings is 1.